The molecule has 0 unspecified atom stereocenters. The maximum absolute atomic E-state index is 8.61. The third kappa shape index (κ3) is 17.8. The van der Waals surface area contributed by atoms with Gasteiger partial charge < -0.3 is 20.3 Å². The Morgan fingerprint density at radius 3 is 2.05 bits per heavy atom. The second-order valence-electron chi connectivity index (χ2n) is 5.13. The highest BCUT2D eigenvalue weighted by Gasteiger charge is 1.95. The predicted molar refractivity (Wildman–Crippen MR) is 79.1 cm³/mol. The van der Waals surface area contributed by atoms with Crippen molar-refractivity contribution < 1.29 is 14.9 Å². The van der Waals surface area contributed by atoms with E-state index in [-0.39, 0.29) is 6.54 Å². The summed E-state index contributed by atoms with van der Waals surface area (Å²) in [4.78, 5) is 0. The van der Waals surface area contributed by atoms with Crippen molar-refractivity contribution in [2.75, 3.05) is 26.3 Å². The number of ether oxygens (including phenoxy) is 1. The minimum absolute atomic E-state index is 0.234. The number of aliphatic hydroxyl groups excluding tert-OH is 1. The van der Waals surface area contributed by atoms with Crippen LogP contribution in [0, 0.1) is 0 Å². The van der Waals surface area contributed by atoms with Gasteiger partial charge in [0, 0.05) is 19.8 Å². The summed E-state index contributed by atoms with van der Waals surface area (Å²) in [6, 6.07) is 0. The second kappa shape index (κ2) is 15.9. The maximum atomic E-state index is 8.61. The molecule has 3 N–H and O–H groups in total. The zero-order chi connectivity index (χ0) is 14.2. The lowest BCUT2D eigenvalue weighted by atomic mass is 10.1. The third-order valence-electron chi connectivity index (χ3n) is 3.11. The molecule has 0 aromatic rings. The molecule has 4 nitrogen and oxygen atoms in total. The van der Waals surface area contributed by atoms with Gasteiger partial charge in [-0.25, -0.2) is 0 Å². The molecule has 0 amide bonds. The molecule has 116 valence electrons. The van der Waals surface area contributed by atoms with Gasteiger partial charge in [-0.15, -0.1) is 0 Å². The van der Waals surface area contributed by atoms with Crippen molar-refractivity contribution in [1.82, 2.24) is 5.32 Å². The molecule has 0 saturated carbocycles. The average Bonchev–Trinajstić information content (AvgIpc) is 2.39. The van der Waals surface area contributed by atoms with Crippen molar-refractivity contribution in [3.8, 4) is 0 Å². The van der Waals surface area contributed by atoms with Gasteiger partial charge in [-0.1, -0.05) is 51.9 Å². The molecule has 0 rings (SSSR count). The molecular weight excluding hydrogens is 242 g/mol. The fourth-order valence-corrected chi connectivity index (χ4v) is 1.97. The van der Waals surface area contributed by atoms with Gasteiger partial charge in [0.05, 0.1) is 0 Å². The normalized spacial score (nSPS) is 11.4. The van der Waals surface area contributed by atoms with Crippen molar-refractivity contribution in [2.45, 2.75) is 71.0 Å². The molecule has 0 aliphatic heterocycles. The van der Waals surface area contributed by atoms with Gasteiger partial charge in [0.1, 0.15) is 0 Å². The van der Waals surface area contributed by atoms with E-state index in [2.05, 4.69) is 12.2 Å². The first-order chi connectivity index (χ1) is 9.27. The molecule has 0 fully saturated rings. The van der Waals surface area contributed by atoms with Crippen LogP contribution in [0.15, 0.2) is 0 Å². The second-order valence-corrected chi connectivity index (χ2v) is 5.13. The molecule has 0 aliphatic carbocycles. The summed E-state index contributed by atoms with van der Waals surface area (Å²) in [6.07, 6.45) is 10.3. The lowest BCUT2D eigenvalue weighted by molar-refractivity contribution is -0.0373. The quantitative estimate of drug-likeness (QED) is 0.317. The number of nitrogens with one attached hydrogen (secondary N) is 1. The summed E-state index contributed by atoms with van der Waals surface area (Å²) in [5, 5.41) is 20.2. The zero-order valence-electron chi connectivity index (χ0n) is 12.6. The Morgan fingerprint density at radius 2 is 1.42 bits per heavy atom. The van der Waals surface area contributed by atoms with Crippen LogP contribution in [0.2, 0.25) is 0 Å². The number of aliphatic hydroxyl groups is 2. The topological polar surface area (TPSA) is 61.7 Å². The molecule has 19 heavy (non-hydrogen) atoms. The van der Waals surface area contributed by atoms with Gasteiger partial charge in [0.15, 0.2) is 6.29 Å². The highest BCUT2D eigenvalue weighted by molar-refractivity contribution is 4.49. The van der Waals surface area contributed by atoms with Crippen molar-refractivity contribution in [3.63, 3.8) is 0 Å². The number of rotatable bonds is 15. The number of unbranched alkanes of at least 4 members (excludes halogenated alkanes) is 7. The average molecular weight is 275 g/mol. The van der Waals surface area contributed by atoms with Crippen LogP contribution in [-0.4, -0.2) is 42.8 Å². The van der Waals surface area contributed by atoms with Crippen LogP contribution in [0.3, 0.4) is 0 Å². The van der Waals surface area contributed by atoms with E-state index < -0.39 is 6.29 Å². The summed E-state index contributed by atoms with van der Waals surface area (Å²) in [6.45, 7) is 4.87. The van der Waals surface area contributed by atoms with E-state index in [0.29, 0.717) is 0 Å². The van der Waals surface area contributed by atoms with Crippen LogP contribution in [0.1, 0.15) is 64.7 Å². The Balaban J connectivity index is 2.91. The highest BCUT2D eigenvalue weighted by atomic mass is 16.5. The van der Waals surface area contributed by atoms with Crippen molar-refractivity contribution >= 4 is 0 Å². The first kappa shape index (κ1) is 18.8. The fraction of sp³-hybridized carbons (Fsp3) is 1.00. The molecule has 0 spiro atoms. The summed E-state index contributed by atoms with van der Waals surface area (Å²) in [5.74, 6) is 0. The van der Waals surface area contributed by atoms with Gasteiger partial charge in [0.2, 0.25) is 0 Å². The third-order valence-corrected chi connectivity index (χ3v) is 3.11. The van der Waals surface area contributed by atoms with Crippen LogP contribution >= 0.6 is 0 Å². The van der Waals surface area contributed by atoms with Gasteiger partial charge in [-0.05, 0) is 19.4 Å². The molecule has 0 heterocycles. The monoisotopic (exact) mass is 275 g/mol. The Kier molecular flexibility index (Phi) is 15.8. The summed E-state index contributed by atoms with van der Waals surface area (Å²) < 4.78 is 5.52. The first-order valence-corrected chi connectivity index (χ1v) is 7.92. The summed E-state index contributed by atoms with van der Waals surface area (Å²) in [7, 11) is 0. The molecule has 4 heteroatoms. The molecule has 0 aromatic heterocycles. The molecule has 0 aromatic carbocycles. The smallest absolute Gasteiger partial charge is 0.164 e. The van der Waals surface area contributed by atoms with E-state index in [0.717, 1.165) is 32.6 Å². The molecule has 0 radical (unpaired) electrons. The van der Waals surface area contributed by atoms with Gasteiger partial charge in [0.25, 0.3) is 0 Å². The number of hydrogen-bond donors (Lipinski definition) is 3. The van der Waals surface area contributed by atoms with E-state index in [1.807, 2.05) is 0 Å². The molecule has 0 atom stereocenters. The van der Waals surface area contributed by atoms with E-state index >= 15 is 0 Å². The van der Waals surface area contributed by atoms with Crippen molar-refractivity contribution in [1.29, 1.82) is 0 Å². The Morgan fingerprint density at radius 1 is 0.842 bits per heavy atom. The Labute approximate surface area is 118 Å². The SMILES string of the molecule is CCCCCCCCCCOCCCNCC(O)O. The molecule has 0 bridgehead atoms. The van der Waals surface area contributed by atoms with E-state index in [1.165, 1.54) is 44.9 Å². The highest BCUT2D eigenvalue weighted by Crippen LogP contribution is 2.08. The van der Waals surface area contributed by atoms with Crippen LogP contribution < -0.4 is 5.32 Å². The minimum atomic E-state index is -1.25. The number of hydrogen-bond acceptors (Lipinski definition) is 4. The van der Waals surface area contributed by atoms with E-state index in [9.17, 15) is 0 Å². The Hall–Kier alpha value is -0.160. The molecule has 0 saturated heterocycles. The predicted octanol–water partition coefficient (Wildman–Crippen LogP) is 2.43. The minimum Gasteiger partial charge on any atom is -0.381 e. The van der Waals surface area contributed by atoms with E-state index in [4.69, 9.17) is 14.9 Å². The zero-order valence-corrected chi connectivity index (χ0v) is 12.6. The first-order valence-electron chi connectivity index (χ1n) is 7.92. The Bertz CT molecular complexity index is 165. The molecule has 0 aliphatic rings. The van der Waals surface area contributed by atoms with Crippen molar-refractivity contribution in [2.24, 2.45) is 0 Å². The largest absolute Gasteiger partial charge is 0.381 e. The van der Waals surface area contributed by atoms with Crippen LogP contribution in [0.4, 0.5) is 0 Å². The standard InChI is InChI=1S/C15H33NO3/c1-2-3-4-5-6-7-8-9-12-19-13-10-11-16-14-15(17)18/h15-18H,2-14H2,1H3. The molecular formula is C15H33NO3. The van der Waals surface area contributed by atoms with Gasteiger partial charge >= 0.3 is 0 Å². The van der Waals surface area contributed by atoms with Crippen LogP contribution in [0.5, 0.6) is 0 Å². The summed E-state index contributed by atoms with van der Waals surface area (Å²) in [5.41, 5.74) is 0. The fourth-order valence-electron chi connectivity index (χ4n) is 1.97. The summed E-state index contributed by atoms with van der Waals surface area (Å²) >= 11 is 0. The van der Waals surface area contributed by atoms with Gasteiger partial charge in [-0.2, -0.15) is 0 Å². The van der Waals surface area contributed by atoms with Gasteiger partial charge in [-0.3, -0.25) is 0 Å². The lowest BCUT2D eigenvalue weighted by Gasteiger charge is -2.07. The maximum Gasteiger partial charge on any atom is 0.164 e. The van der Waals surface area contributed by atoms with Crippen LogP contribution in [0.25, 0.3) is 0 Å². The van der Waals surface area contributed by atoms with Crippen LogP contribution in [-0.2, 0) is 4.74 Å². The lowest BCUT2D eigenvalue weighted by Crippen LogP contribution is -2.27. The van der Waals surface area contributed by atoms with E-state index in [1.54, 1.807) is 0 Å². The van der Waals surface area contributed by atoms with Crippen molar-refractivity contribution in [3.05, 3.63) is 0 Å².